The fourth-order valence-electron chi connectivity index (χ4n) is 1.82. The lowest BCUT2D eigenvalue weighted by Gasteiger charge is -2.14. The van der Waals surface area contributed by atoms with Crippen LogP contribution < -0.4 is 4.90 Å². The van der Waals surface area contributed by atoms with Gasteiger partial charge in [-0.1, -0.05) is 13.0 Å². The summed E-state index contributed by atoms with van der Waals surface area (Å²) in [5.41, 5.74) is 0.319. The molecule has 5 heteroatoms. The van der Waals surface area contributed by atoms with Gasteiger partial charge < -0.3 is 0 Å². The van der Waals surface area contributed by atoms with Gasteiger partial charge in [-0.05, 0) is 24.0 Å². The number of amides is 2. The maximum absolute atomic E-state index is 13.1. The molecule has 2 rings (SSSR count). The Morgan fingerprint density at radius 1 is 1.47 bits per heavy atom. The minimum atomic E-state index is -0.449. The van der Waals surface area contributed by atoms with E-state index in [1.54, 1.807) is 6.07 Å². The number of thioether (sulfide) groups is 1. The zero-order chi connectivity index (χ0) is 12.4. The van der Waals surface area contributed by atoms with Gasteiger partial charge in [0.1, 0.15) is 5.82 Å². The highest BCUT2D eigenvalue weighted by atomic mass is 32.2. The first-order chi connectivity index (χ1) is 8.13. The number of anilines is 1. The minimum Gasteiger partial charge on any atom is -0.274 e. The van der Waals surface area contributed by atoms with E-state index >= 15 is 0 Å². The Morgan fingerprint density at radius 2 is 2.24 bits per heavy atom. The molecular weight excluding hydrogens is 241 g/mol. The van der Waals surface area contributed by atoms with Crippen LogP contribution in [0.2, 0.25) is 0 Å². The molecule has 0 N–H and O–H groups in total. The van der Waals surface area contributed by atoms with Crippen LogP contribution in [0.25, 0.3) is 0 Å². The molecule has 0 bridgehead atoms. The molecule has 1 aliphatic rings. The topological polar surface area (TPSA) is 37.4 Å². The number of nitrogens with zero attached hydrogens (tertiary/aromatic N) is 1. The number of hydrogen-bond donors (Lipinski definition) is 0. The van der Waals surface area contributed by atoms with E-state index in [4.69, 9.17) is 0 Å². The van der Waals surface area contributed by atoms with Crippen LogP contribution in [0.5, 0.6) is 0 Å². The van der Waals surface area contributed by atoms with Crippen LogP contribution >= 0.6 is 11.8 Å². The maximum atomic E-state index is 13.1. The number of halogens is 1. The molecule has 17 heavy (non-hydrogen) atoms. The van der Waals surface area contributed by atoms with Gasteiger partial charge in [0.15, 0.2) is 0 Å². The van der Waals surface area contributed by atoms with E-state index in [9.17, 15) is 14.0 Å². The highest BCUT2D eigenvalue weighted by Gasteiger charge is 2.39. The molecule has 1 aliphatic heterocycles. The molecule has 3 nitrogen and oxygen atoms in total. The largest absolute Gasteiger partial charge is 0.274 e. The number of rotatable bonds is 3. The van der Waals surface area contributed by atoms with Gasteiger partial charge in [0.05, 0.1) is 10.9 Å². The molecule has 1 saturated heterocycles. The van der Waals surface area contributed by atoms with E-state index in [2.05, 4.69) is 0 Å². The highest BCUT2D eigenvalue weighted by Crippen LogP contribution is 2.29. The van der Waals surface area contributed by atoms with Crippen molar-refractivity contribution in [2.24, 2.45) is 0 Å². The van der Waals surface area contributed by atoms with Crippen LogP contribution in [-0.2, 0) is 9.59 Å². The van der Waals surface area contributed by atoms with Gasteiger partial charge in [0.25, 0.3) is 0 Å². The van der Waals surface area contributed by atoms with Crippen molar-refractivity contribution in [3.63, 3.8) is 0 Å². The summed E-state index contributed by atoms with van der Waals surface area (Å²) in [6.07, 6.45) is 0.202. The SMILES string of the molecule is CCS[C@@H]1CC(=O)N(c2cccc(F)c2)C1=O. The standard InChI is InChI=1S/C12H12FNO2S/c1-2-17-10-7-11(15)14(12(10)16)9-5-3-4-8(13)6-9/h3-6,10H,2,7H2,1H3/t10-/m1/s1. The summed E-state index contributed by atoms with van der Waals surface area (Å²) >= 11 is 1.45. The predicted molar refractivity (Wildman–Crippen MR) is 65.4 cm³/mol. The van der Waals surface area contributed by atoms with Crippen LogP contribution in [0.4, 0.5) is 10.1 Å². The van der Waals surface area contributed by atoms with Gasteiger partial charge in [-0.15, -0.1) is 11.8 Å². The summed E-state index contributed by atoms with van der Waals surface area (Å²) in [6, 6.07) is 5.55. The third-order valence-electron chi connectivity index (χ3n) is 2.54. The summed E-state index contributed by atoms with van der Waals surface area (Å²) in [4.78, 5) is 24.8. The molecule has 0 radical (unpaired) electrons. The summed E-state index contributed by atoms with van der Waals surface area (Å²) in [5.74, 6) is -0.172. The number of hydrogen-bond acceptors (Lipinski definition) is 3. The first-order valence-corrected chi connectivity index (χ1v) is 6.42. The Hall–Kier alpha value is -1.36. The fraction of sp³-hybridized carbons (Fsp3) is 0.333. The monoisotopic (exact) mass is 253 g/mol. The number of carbonyl (C=O) groups is 2. The first-order valence-electron chi connectivity index (χ1n) is 5.37. The van der Waals surface area contributed by atoms with Gasteiger partial charge in [0, 0.05) is 6.42 Å². The summed E-state index contributed by atoms with van der Waals surface area (Å²) < 4.78 is 13.1. The molecule has 0 unspecified atom stereocenters. The Bertz CT molecular complexity index is 464. The smallest absolute Gasteiger partial charge is 0.247 e. The third-order valence-corrected chi connectivity index (χ3v) is 3.64. The lowest BCUT2D eigenvalue weighted by atomic mass is 10.3. The lowest BCUT2D eigenvalue weighted by Crippen LogP contribution is -2.31. The molecule has 0 aromatic heterocycles. The zero-order valence-corrected chi connectivity index (χ0v) is 10.2. The first kappa shape index (κ1) is 12.1. The third kappa shape index (κ3) is 2.34. The quantitative estimate of drug-likeness (QED) is 0.775. The van der Waals surface area contributed by atoms with Crippen LogP contribution in [0.1, 0.15) is 13.3 Å². The van der Waals surface area contributed by atoms with Crippen LogP contribution in [-0.4, -0.2) is 22.8 Å². The minimum absolute atomic E-state index is 0.202. The van der Waals surface area contributed by atoms with Crippen LogP contribution in [0.3, 0.4) is 0 Å². The molecule has 1 fully saturated rings. The average molecular weight is 253 g/mol. The highest BCUT2D eigenvalue weighted by molar-refractivity contribution is 8.00. The molecule has 1 atom stereocenters. The number of imide groups is 1. The van der Waals surface area contributed by atoms with E-state index in [1.807, 2.05) is 6.92 Å². The van der Waals surface area contributed by atoms with E-state index in [0.29, 0.717) is 5.69 Å². The second-order valence-electron chi connectivity index (χ2n) is 3.70. The van der Waals surface area contributed by atoms with Gasteiger partial charge in [0.2, 0.25) is 11.8 Å². The van der Waals surface area contributed by atoms with Crippen molar-refractivity contribution >= 4 is 29.3 Å². The predicted octanol–water partition coefficient (Wildman–Crippen LogP) is 2.21. The maximum Gasteiger partial charge on any atom is 0.247 e. The summed E-state index contributed by atoms with van der Waals surface area (Å²) in [6.45, 7) is 1.94. The fourth-order valence-corrected chi connectivity index (χ4v) is 2.73. The van der Waals surface area contributed by atoms with Crippen molar-refractivity contribution in [1.82, 2.24) is 0 Å². The van der Waals surface area contributed by atoms with E-state index in [-0.39, 0.29) is 23.5 Å². The molecular formula is C12H12FNO2S. The van der Waals surface area contributed by atoms with E-state index in [0.717, 1.165) is 10.7 Å². The second kappa shape index (κ2) is 4.87. The Kier molecular flexibility index (Phi) is 3.47. The number of carbonyl (C=O) groups excluding carboxylic acids is 2. The Labute approximate surface area is 103 Å². The van der Waals surface area contributed by atoms with Crippen molar-refractivity contribution in [3.05, 3.63) is 30.1 Å². The molecule has 0 spiro atoms. The molecule has 1 heterocycles. The zero-order valence-electron chi connectivity index (χ0n) is 9.35. The Balaban J connectivity index is 2.27. The van der Waals surface area contributed by atoms with Crippen molar-refractivity contribution in [2.45, 2.75) is 18.6 Å². The van der Waals surface area contributed by atoms with Gasteiger partial charge in [-0.2, -0.15) is 0 Å². The van der Waals surface area contributed by atoms with Crippen LogP contribution in [0, 0.1) is 5.82 Å². The molecule has 90 valence electrons. The van der Waals surface area contributed by atoms with Crippen molar-refractivity contribution in [2.75, 3.05) is 10.7 Å². The lowest BCUT2D eigenvalue weighted by molar-refractivity contribution is -0.121. The van der Waals surface area contributed by atoms with Gasteiger partial charge in [-0.3, -0.25) is 9.59 Å². The average Bonchev–Trinajstić information content (AvgIpc) is 2.55. The molecule has 2 amide bonds. The van der Waals surface area contributed by atoms with Crippen molar-refractivity contribution in [1.29, 1.82) is 0 Å². The molecule has 0 saturated carbocycles. The summed E-state index contributed by atoms with van der Waals surface area (Å²) in [7, 11) is 0. The van der Waals surface area contributed by atoms with E-state index in [1.165, 1.54) is 30.0 Å². The molecule has 1 aromatic rings. The molecule has 1 aromatic carbocycles. The Morgan fingerprint density at radius 3 is 2.88 bits per heavy atom. The summed E-state index contributed by atoms with van der Waals surface area (Å²) in [5, 5.41) is -0.323. The second-order valence-corrected chi connectivity index (χ2v) is 5.18. The normalized spacial score (nSPS) is 20.1. The van der Waals surface area contributed by atoms with Crippen molar-refractivity contribution < 1.29 is 14.0 Å². The number of benzene rings is 1. The van der Waals surface area contributed by atoms with Crippen LogP contribution in [0.15, 0.2) is 24.3 Å². The van der Waals surface area contributed by atoms with Gasteiger partial charge >= 0.3 is 0 Å². The van der Waals surface area contributed by atoms with Crippen molar-refractivity contribution in [3.8, 4) is 0 Å². The molecule has 0 aliphatic carbocycles. The van der Waals surface area contributed by atoms with Gasteiger partial charge in [-0.25, -0.2) is 9.29 Å². The van der Waals surface area contributed by atoms with E-state index < -0.39 is 5.82 Å².